The Morgan fingerprint density at radius 2 is 2.39 bits per heavy atom. The molecule has 0 spiro atoms. The first-order valence-corrected chi connectivity index (χ1v) is 5.74. The molecule has 6 heteroatoms. The molecule has 6 nitrogen and oxygen atoms in total. The topological polar surface area (TPSA) is 91.7 Å². The molecule has 0 radical (unpaired) electrons. The Morgan fingerprint density at radius 3 is 3.00 bits per heavy atom. The van der Waals surface area contributed by atoms with E-state index >= 15 is 0 Å². The third-order valence-electron chi connectivity index (χ3n) is 2.88. The number of aliphatic hydroxyl groups is 1. The molecule has 2 rings (SSSR count). The van der Waals surface area contributed by atoms with Crippen molar-refractivity contribution in [3.05, 3.63) is 23.4 Å². The van der Waals surface area contributed by atoms with Crippen LogP contribution in [0.3, 0.4) is 0 Å². The highest BCUT2D eigenvalue weighted by Crippen LogP contribution is 2.19. The molecule has 98 valence electrons. The Hall–Kier alpha value is -1.66. The maximum absolute atomic E-state index is 10.9. The van der Waals surface area contributed by atoms with Gasteiger partial charge in [0, 0.05) is 25.3 Å². The summed E-state index contributed by atoms with van der Waals surface area (Å²) >= 11 is 0. The van der Waals surface area contributed by atoms with Gasteiger partial charge in [0.1, 0.15) is 11.4 Å². The van der Waals surface area contributed by atoms with Gasteiger partial charge in [-0.25, -0.2) is 9.78 Å². The summed E-state index contributed by atoms with van der Waals surface area (Å²) < 4.78 is 5.13. The fraction of sp³-hybridized carbons (Fsp3) is 0.500. The van der Waals surface area contributed by atoms with Gasteiger partial charge in [-0.2, -0.15) is 0 Å². The number of nitrogens with zero attached hydrogens (tertiary/aromatic N) is 1. The number of hydrogen-bond acceptors (Lipinski definition) is 5. The van der Waals surface area contributed by atoms with E-state index in [1.165, 1.54) is 12.1 Å². The van der Waals surface area contributed by atoms with Crippen LogP contribution >= 0.6 is 0 Å². The second kappa shape index (κ2) is 4.91. The Labute approximate surface area is 105 Å². The molecule has 1 fully saturated rings. The SMILES string of the molecule is Cc1cc(C(=O)O)cc(NCC2(O)CCOC2)n1. The molecular formula is C12H16N2O4. The van der Waals surface area contributed by atoms with Crippen LogP contribution in [0.4, 0.5) is 5.82 Å². The minimum Gasteiger partial charge on any atom is -0.478 e. The summed E-state index contributed by atoms with van der Waals surface area (Å²) in [5, 5.41) is 22.0. The zero-order valence-corrected chi connectivity index (χ0v) is 10.1. The number of ether oxygens (including phenoxy) is 1. The Balaban J connectivity index is 2.07. The van der Waals surface area contributed by atoms with E-state index in [-0.39, 0.29) is 12.2 Å². The lowest BCUT2D eigenvalue weighted by Crippen LogP contribution is -2.37. The number of rotatable bonds is 4. The molecule has 0 amide bonds. The van der Waals surface area contributed by atoms with E-state index in [9.17, 15) is 9.90 Å². The molecule has 1 atom stereocenters. The molecule has 0 aromatic carbocycles. The van der Waals surface area contributed by atoms with E-state index < -0.39 is 11.6 Å². The van der Waals surface area contributed by atoms with E-state index in [1.807, 2.05) is 0 Å². The minimum absolute atomic E-state index is 0.180. The number of carboxylic acid groups (broad SMARTS) is 1. The summed E-state index contributed by atoms with van der Waals surface area (Å²) in [6.07, 6.45) is 0.567. The second-order valence-electron chi connectivity index (χ2n) is 4.57. The number of nitrogens with one attached hydrogen (secondary N) is 1. The molecule has 1 aliphatic heterocycles. The first-order chi connectivity index (χ1) is 8.48. The third-order valence-corrected chi connectivity index (χ3v) is 2.88. The van der Waals surface area contributed by atoms with Crippen LogP contribution in [-0.2, 0) is 4.74 Å². The van der Waals surface area contributed by atoms with Crippen LogP contribution in [0.5, 0.6) is 0 Å². The fourth-order valence-electron chi connectivity index (χ4n) is 1.87. The van der Waals surface area contributed by atoms with Crippen molar-refractivity contribution in [2.45, 2.75) is 18.9 Å². The number of aromatic nitrogens is 1. The fourth-order valence-corrected chi connectivity index (χ4v) is 1.87. The first kappa shape index (κ1) is 12.8. The molecule has 1 unspecified atom stereocenters. The molecule has 0 bridgehead atoms. The van der Waals surface area contributed by atoms with Crippen molar-refractivity contribution in [1.29, 1.82) is 0 Å². The summed E-state index contributed by atoms with van der Waals surface area (Å²) in [6, 6.07) is 2.95. The van der Waals surface area contributed by atoms with Gasteiger partial charge in [-0.15, -0.1) is 0 Å². The molecular weight excluding hydrogens is 236 g/mol. The van der Waals surface area contributed by atoms with E-state index in [4.69, 9.17) is 9.84 Å². The lowest BCUT2D eigenvalue weighted by atomic mass is 10.0. The standard InChI is InChI=1S/C12H16N2O4/c1-8-4-9(11(15)16)5-10(14-8)13-6-12(17)2-3-18-7-12/h4-5,17H,2-3,6-7H2,1H3,(H,13,14)(H,15,16). The van der Waals surface area contributed by atoms with Gasteiger partial charge >= 0.3 is 5.97 Å². The Kier molecular flexibility index (Phi) is 3.49. The molecule has 18 heavy (non-hydrogen) atoms. The summed E-state index contributed by atoms with van der Waals surface area (Å²) in [6.45, 7) is 2.85. The average Bonchev–Trinajstić information content (AvgIpc) is 2.73. The Bertz CT molecular complexity index is 455. The van der Waals surface area contributed by atoms with Crippen LogP contribution in [0.2, 0.25) is 0 Å². The maximum Gasteiger partial charge on any atom is 0.335 e. The third kappa shape index (κ3) is 2.96. The minimum atomic E-state index is -0.994. The van der Waals surface area contributed by atoms with Gasteiger partial charge in [-0.05, 0) is 19.1 Å². The molecule has 1 saturated heterocycles. The van der Waals surface area contributed by atoms with Gasteiger partial charge in [-0.1, -0.05) is 0 Å². The van der Waals surface area contributed by atoms with Gasteiger partial charge in [0.25, 0.3) is 0 Å². The smallest absolute Gasteiger partial charge is 0.335 e. The number of carboxylic acids is 1. The number of hydrogen-bond donors (Lipinski definition) is 3. The predicted octanol–water partition coefficient (Wildman–Crippen LogP) is 0.652. The van der Waals surface area contributed by atoms with Crippen molar-refractivity contribution >= 4 is 11.8 Å². The highest BCUT2D eigenvalue weighted by atomic mass is 16.5. The van der Waals surface area contributed by atoms with Gasteiger partial charge in [-0.3, -0.25) is 0 Å². The molecule has 1 aromatic heterocycles. The Morgan fingerprint density at radius 1 is 1.61 bits per heavy atom. The molecule has 1 aromatic rings. The zero-order valence-electron chi connectivity index (χ0n) is 10.1. The van der Waals surface area contributed by atoms with Crippen molar-refractivity contribution in [1.82, 2.24) is 4.98 Å². The number of carbonyl (C=O) groups is 1. The quantitative estimate of drug-likeness (QED) is 0.728. The summed E-state index contributed by atoms with van der Waals surface area (Å²) in [7, 11) is 0. The van der Waals surface area contributed by atoms with E-state index in [0.29, 0.717) is 31.1 Å². The van der Waals surface area contributed by atoms with Gasteiger partial charge in [0.05, 0.1) is 12.2 Å². The van der Waals surface area contributed by atoms with E-state index in [2.05, 4.69) is 10.3 Å². The average molecular weight is 252 g/mol. The first-order valence-electron chi connectivity index (χ1n) is 5.74. The molecule has 2 heterocycles. The lowest BCUT2D eigenvalue weighted by molar-refractivity contribution is 0.0381. The van der Waals surface area contributed by atoms with Crippen LogP contribution in [0, 0.1) is 6.92 Å². The summed E-state index contributed by atoms with van der Waals surface area (Å²) in [5.74, 6) is -0.542. The predicted molar refractivity (Wildman–Crippen MR) is 64.8 cm³/mol. The molecule has 0 saturated carbocycles. The van der Waals surface area contributed by atoms with Crippen LogP contribution in [0.15, 0.2) is 12.1 Å². The maximum atomic E-state index is 10.9. The van der Waals surface area contributed by atoms with Crippen LogP contribution in [0.25, 0.3) is 0 Å². The van der Waals surface area contributed by atoms with E-state index in [0.717, 1.165) is 0 Å². The second-order valence-corrected chi connectivity index (χ2v) is 4.57. The summed E-state index contributed by atoms with van der Waals surface area (Å²) in [4.78, 5) is 15.1. The van der Waals surface area contributed by atoms with Gasteiger partial charge in [0.15, 0.2) is 0 Å². The number of anilines is 1. The number of pyridine rings is 1. The van der Waals surface area contributed by atoms with Crippen molar-refractivity contribution in [3.63, 3.8) is 0 Å². The van der Waals surface area contributed by atoms with Crippen LogP contribution in [0.1, 0.15) is 22.5 Å². The van der Waals surface area contributed by atoms with E-state index in [1.54, 1.807) is 6.92 Å². The molecule has 3 N–H and O–H groups in total. The summed E-state index contributed by atoms with van der Waals surface area (Å²) in [5.41, 5.74) is -0.0961. The zero-order chi connectivity index (χ0) is 13.2. The molecule has 0 aliphatic carbocycles. The largest absolute Gasteiger partial charge is 0.478 e. The molecule has 1 aliphatic rings. The number of aromatic carboxylic acids is 1. The van der Waals surface area contributed by atoms with Crippen molar-refractivity contribution < 1.29 is 19.7 Å². The number of aryl methyl sites for hydroxylation is 1. The van der Waals surface area contributed by atoms with Crippen molar-refractivity contribution in [2.75, 3.05) is 25.1 Å². The highest BCUT2D eigenvalue weighted by molar-refractivity contribution is 5.88. The van der Waals surface area contributed by atoms with Gasteiger partial charge in [0.2, 0.25) is 0 Å². The monoisotopic (exact) mass is 252 g/mol. The van der Waals surface area contributed by atoms with Crippen LogP contribution in [-0.4, -0.2) is 46.5 Å². The van der Waals surface area contributed by atoms with Crippen molar-refractivity contribution in [2.24, 2.45) is 0 Å². The van der Waals surface area contributed by atoms with Crippen molar-refractivity contribution in [3.8, 4) is 0 Å². The lowest BCUT2D eigenvalue weighted by Gasteiger charge is -2.21. The van der Waals surface area contributed by atoms with Gasteiger partial charge < -0.3 is 20.3 Å². The normalized spacial score (nSPS) is 23.0. The van der Waals surface area contributed by atoms with Crippen LogP contribution < -0.4 is 5.32 Å². The highest BCUT2D eigenvalue weighted by Gasteiger charge is 2.32.